The number of rotatable bonds is 6. The number of urea groups is 1. The molecule has 1 fully saturated rings. The summed E-state index contributed by atoms with van der Waals surface area (Å²) in [6, 6.07) is 11.6. The fourth-order valence-corrected chi connectivity index (χ4v) is 3.07. The molecule has 3 amide bonds. The van der Waals surface area contributed by atoms with Gasteiger partial charge in [-0.05, 0) is 36.4 Å². The van der Waals surface area contributed by atoms with Gasteiger partial charge in [-0.1, -0.05) is 0 Å². The number of amides is 3. The molecule has 2 aromatic rings. The smallest absolute Gasteiger partial charge is 0.319 e. The third-order valence-electron chi connectivity index (χ3n) is 4.50. The molecule has 0 spiro atoms. The maximum Gasteiger partial charge on any atom is 0.319 e. The molecule has 1 aliphatic rings. The summed E-state index contributed by atoms with van der Waals surface area (Å²) >= 11 is 0. The van der Waals surface area contributed by atoms with E-state index in [1.165, 1.54) is 7.11 Å². The Labute approximate surface area is 163 Å². The monoisotopic (exact) mass is 385 g/mol. The lowest BCUT2D eigenvalue weighted by molar-refractivity contribution is -0.117. The van der Waals surface area contributed by atoms with Crippen LogP contribution in [0.1, 0.15) is 6.42 Å². The number of carbonyl (C=O) groups excluding carboxylic acids is 2. The molecule has 0 aromatic heterocycles. The number of anilines is 2. The van der Waals surface area contributed by atoms with Crippen molar-refractivity contribution in [1.29, 1.82) is 0 Å². The normalized spacial score (nSPS) is 15.9. The number of benzene rings is 2. The highest BCUT2D eigenvalue weighted by Gasteiger charge is 2.31. The van der Waals surface area contributed by atoms with Crippen molar-refractivity contribution < 1.29 is 23.8 Å². The summed E-state index contributed by atoms with van der Waals surface area (Å²) < 4.78 is 15.6. The van der Waals surface area contributed by atoms with Crippen molar-refractivity contribution in [3.63, 3.8) is 0 Å². The quantitative estimate of drug-likeness (QED) is 0.798. The van der Waals surface area contributed by atoms with Crippen LogP contribution < -0.4 is 29.7 Å². The minimum Gasteiger partial charge on any atom is -0.497 e. The van der Waals surface area contributed by atoms with Gasteiger partial charge in [-0.3, -0.25) is 4.79 Å². The van der Waals surface area contributed by atoms with Crippen LogP contribution in [0.25, 0.3) is 0 Å². The number of hydrogen-bond acceptors (Lipinski definition) is 5. The first kappa shape index (κ1) is 19.3. The summed E-state index contributed by atoms with van der Waals surface area (Å²) in [5, 5.41) is 5.58. The number of nitrogens with zero attached hydrogens (tertiary/aromatic N) is 1. The third-order valence-corrected chi connectivity index (χ3v) is 4.50. The van der Waals surface area contributed by atoms with Crippen LogP contribution in [-0.4, -0.2) is 45.9 Å². The van der Waals surface area contributed by atoms with Gasteiger partial charge in [0.25, 0.3) is 0 Å². The number of ether oxygens (including phenoxy) is 3. The molecule has 1 aliphatic heterocycles. The molecule has 1 unspecified atom stereocenters. The standard InChI is InChI=1S/C20H23N3O5/c1-26-15-6-4-14(5-7-15)23-12-13(10-19(23)24)21-20(25)22-17-11-16(27-2)8-9-18(17)28-3/h4-9,11,13H,10,12H2,1-3H3,(H2,21,22,25). The van der Waals surface area contributed by atoms with Crippen LogP contribution in [0.3, 0.4) is 0 Å². The van der Waals surface area contributed by atoms with Gasteiger partial charge in [0.05, 0.1) is 33.1 Å². The lowest BCUT2D eigenvalue weighted by Gasteiger charge is -2.18. The molecule has 0 radical (unpaired) electrons. The highest BCUT2D eigenvalue weighted by atomic mass is 16.5. The summed E-state index contributed by atoms with van der Waals surface area (Å²) in [6.45, 7) is 0.397. The number of methoxy groups -OCH3 is 3. The van der Waals surface area contributed by atoms with E-state index >= 15 is 0 Å². The van der Waals surface area contributed by atoms with Gasteiger partial charge in [-0.2, -0.15) is 0 Å². The summed E-state index contributed by atoms with van der Waals surface area (Å²) in [5.41, 5.74) is 1.25. The molecule has 2 N–H and O–H groups in total. The average Bonchev–Trinajstić information content (AvgIpc) is 3.07. The minimum absolute atomic E-state index is 0.0468. The summed E-state index contributed by atoms with van der Waals surface area (Å²) in [4.78, 5) is 26.4. The zero-order chi connectivity index (χ0) is 20.1. The molecule has 148 valence electrons. The Kier molecular flexibility index (Phi) is 5.88. The predicted molar refractivity (Wildman–Crippen MR) is 105 cm³/mol. The van der Waals surface area contributed by atoms with Crippen molar-refractivity contribution >= 4 is 23.3 Å². The van der Waals surface area contributed by atoms with Crippen LogP contribution in [0.2, 0.25) is 0 Å². The second-order valence-corrected chi connectivity index (χ2v) is 6.27. The molecule has 2 aromatic carbocycles. The maximum absolute atomic E-state index is 12.4. The molecule has 3 rings (SSSR count). The van der Waals surface area contributed by atoms with Crippen LogP contribution in [-0.2, 0) is 4.79 Å². The highest BCUT2D eigenvalue weighted by Crippen LogP contribution is 2.29. The van der Waals surface area contributed by atoms with Crippen LogP contribution in [0.5, 0.6) is 17.2 Å². The molecule has 1 atom stereocenters. The van der Waals surface area contributed by atoms with E-state index in [4.69, 9.17) is 14.2 Å². The molecule has 8 nitrogen and oxygen atoms in total. The fraction of sp³-hybridized carbons (Fsp3) is 0.300. The molecule has 8 heteroatoms. The van der Waals surface area contributed by atoms with Crippen molar-refractivity contribution in [3.8, 4) is 17.2 Å². The number of nitrogens with one attached hydrogen (secondary N) is 2. The molecule has 28 heavy (non-hydrogen) atoms. The Hall–Kier alpha value is -3.42. The Morgan fingerprint density at radius 2 is 1.68 bits per heavy atom. The fourth-order valence-electron chi connectivity index (χ4n) is 3.07. The lowest BCUT2D eigenvalue weighted by atomic mass is 10.2. The number of carbonyl (C=O) groups is 2. The first-order valence-electron chi connectivity index (χ1n) is 8.78. The Bertz CT molecular complexity index is 853. The van der Waals surface area contributed by atoms with Crippen molar-refractivity contribution in [2.75, 3.05) is 38.1 Å². The average molecular weight is 385 g/mol. The van der Waals surface area contributed by atoms with E-state index in [1.54, 1.807) is 49.5 Å². The van der Waals surface area contributed by atoms with E-state index in [9.17, 15) is 9.59 Å². The van der Waals surface area contributed by atoms with Crippen LogP contribution >= 0.6 is 0 Å². The Morgan fingerprint density at radius 3 is 2.32 bits per heavy atom. The first-order valence-corrected chi connectivity index (χ1v) is 8.78. The molecule has 0 bridgehead atoms. The minimum atomic E-state index is -0.416. The van der Waals surface area contributed by atoms with Gasteiger partial charge in [0.1, 0.15) is 17.2 Å². The lowest BCUT2D eigenvalue weighted by Crippen LogP contribution is -2.39. The molecular formula is C20H23N3O5. The molecule has 0 saturated carbocycles. The highest BCUT2D eigenvalue weighted by molar-refractivity contribution is 5.98. The van der Waals surface area contributed by atoms with E-state index < -0.39 is 6.03 Å². The number of hydrogen-bond donors (Lipinski definition) is 2. The van der Waals surface area contributed by atoms with E-state index in [0.717, 1.165) is 11.4 Å². The van der Waals surface area contributed by atoms with Crippen molar-refractivity contribution in [2.45, 2.75) is 12.5 Å². The van der Waals surface area contributed by atoms with Gasteiger partial charge in [0, 0.05) is 24.7 Å². The van der Waals surface area contributed by atoms with Gasteiger partial charge in [0.2, 0.25) is 5.91 Å². The van der Waals surface area contributed by atoms with E-state index in [1.807, 2.05) is 12.1 Å². The molecule has 1 heterocycles. The van der Waals surface area contributed by atoms with Gasteiger partial charge >= 0.3 is 6.03 Å². The summed E-state index contributed by atoms with van der Waals surface area (Å²) in [5.74, 6) is 1.78. The summed E-state index contributed by atoms with van der Waals surface area (Å²) in [7, 11) is 4.66. The van der Waals surface area contributed by atoms with Crippen molar-refractivity contribution in [2.24, 2.45) is 0 Å². The first-order chi connectivity index (χ1) is 13.5. The van der Waals surface area contributed by atoms with E-state index in [2.05, 4.69) is 10.6 Å². The molecular weight excluding hydrogens is 362 g/mol. The largest absolute Gasteiger partial charge is 0.497 e. The van der Waals surface area contributed by atoms with Crippen molar-refractivity contribution in [1.82, 2.24) is 5.32 Å². The second kappa shape index (κ2) is 8.51. The Balaban J connectivity index is 1.63. The van der Waals surface area contributed by atoms with Crippen molar-refractivity contribution in [3.05, 3.63) is 42.5 Å². The second-order valence-electron chi connectivity index (χ2n) is 6.27. The van der Waals surface area contributed by atoms with Crippen LogP contribution in [0.15, 0.2) is 42.5 Å². The Morgan fingerprint density at radius 1 is 1.00 bits per heavy atom. The van der Waals surface area contributed by atoms with Gasteiger partial charge in [-0.25, -0.2) is 4.79 Å². The predicted octanol–water partition coefficient (Wildman–Crippen LogP) is 2.64. The van der Waals surface area contributed by atoms with E-state index in [-0.39, 0.29) is 18.4 Å². The van der Waals surface area contributed by atoms with Gasteiger partial charge in [0.15, 0.2) is 0 Å². The summed E-state index contributed by atoms with van der Waals surface area (Å²) in [6.07, 6.45) is 0.231. The zero-order valence-corrected chi connectivity index (χ0v) is 16.0. The maximum atomic E-state index is 12.4. The van der Waals surface area contributed by atoms with Gasteiger partial charge < -0.3 is 29.7 Å². The zero-order valence-electron chi connectivity index (χ0n) is 16.0. The third kappa shape index (κ3) is 4.28. The van der Waals surface area contributed by atoms with E-state index in [0.29, 0.717) is 23.7 Å². The van der Waals surface area contributed by atoms with Gasteiger partial charge in [-0.15, -0.1) is 0 Å². The molecule has 0 aliphatic carbocycles. The van der Waals surface area contributed by atoms with Crippen LogP contribution in [0, 0.1) is 0 Å². The molecule has 1 saturated heterocycles. The topological polar surface area (TPSA) is 89.1 Å². The SMILES string of the molecule is COc1ccc(N2CC(NC(=O)Nc3cc(OC)ccc3OC)CC2=O)cc1. The van der Waals surface area contributed by atoms with Crippen LogP contribution in [0.4, 0.5) is 16.2 Å².